The van der Waals surface area contributed by atoms with Crippen molar-refractivity contribution in [2.45, 2.75) is 84.7 Å². The van der Waals surface area contributed by atoms with Gasteiger partial charge in [-0.25, -0.2) is 0 Å². The fraction of sp³-hybridized carbons (Fsp3) is 0.704. The van der Waals surface area contributed by atoms with E-state index < -0.39 is 0 Å². The highest BCUT2D eigenvalue weighted by molar-refractivity contribution is 5.56. The highest BCUT2D eigenvalue weighted by atomic mass is 16.3. The zero-order valence-electron chi connectivity index (χ0n) is 18.1. The van der Waals surface area contributed by atoms with E-state index in [4.69, 9.17) is 0 Å². The van der Waals surface area contributed by atoms with Gasteiger partial charge in [0, 0.05) is 5.41 Å². The lowest BCUT2D eigenvalue weighted by Crippen LogP contribution is -2.53. The first-order valence-electron chi connectivity index (χ1n) is 11.9. The lowest BCUT2D eigenvalue weighted by atomic mass is 9.45. The smallest absolute Gasteiger partial charge is 0.0809 e. The quantitative estimate of drug-likeness (QED) is 0.571. The van der Waals surface area contributed by atoms with Crippen molar-refractivity contribution in [3.05, 3.63) is 41.0 Å². The topological polar surface area (TPSA) is 20.2 Å². The summed E-state index contributed by atoms with van der Waals surface area (Å²) in [7, 11) is 0. The maximum atomic E-state index is 11.4. The molecule has 4 saturated carbocycles. The Morgan fingerprint density at radius 1 is 0.893 bits per heavy atom. The van der Waals surface area contributed by atoms with Gasteiger partial charge in [-0.2, -0.15) is 0 Å². The highest BCUT2D eigenvalue weighted by Gasteiger charge is 2.60. The molecule has 1 N–H and O–H groups in total. The van der Waals surface area contributed by atoms with Crippen LogP contribution in [0.15, 0.2) is 29.8 Å². The predicted octanol–water partition coefficient (Wildman–Crippen LogP) is 6.78. The van der Waals surface area contributed by atoms with Gasteiger partial charge in [0.2, 0.25) is 0 Å². The molecule has 0 amide bonds. The Hall–Kier alpha value is -1.08. The summed E-state index contributed by atoms with van der Waals surface area (Å²) in [4.78, 5) is 0. The van der Waals surface area contributed by atoms with Crippen molar-refractivity contribution in [1.29, 1.82) is 0 Å². The molecule has 1 aromatic rings. The van der Waals surface area contributed by atoms with Gasteiger partial charge in [-0.05, 0) is 92.1 Å². The van der Waals surface area contributed by atoms with Crippen LogP contribution in [-0.2, 0) is 0 Å². The Labute approximate surface area is 171 Å². The first-order valence-corrected chi connectivity index (χ1v) is 11.9. The lowest BCUT2D eigenvalue weighted by Gasteiger charge is -2.60. The summed E-state index contributed by atoms with van der Waals surface area (Å²) in [5.41, 5.74) is 4.52. The molecular formula is C27H38O. The van der Waals surface area contributed by atoms with Gasteiger partial charge >= 0.3 is 0 Å². The number of fused-ring (bicyclic) bond motifs is 5. The minimum atomic E-state index is -0.253. The predicted molar refractivity (Wildman–Crippen MR) is 117 cm³/mol. The van der Waals surface area contributed by atoms with E-state index in [2.05, 4.69) is 51.1 Å². The van der Waals surface area contributed by atoms with E-state index in [0.29, 0.717) is 11.3 Å². The van der Waals surface area contributed by atoms with E-state index in [1.807, 2.05) is 0 Å². The van der Waals surface area contributed by atoms with Crippen molar-refractivity contribution in [2.24, 2.45) is 34.5 Å². The summed E-state index contributed by atoms with van der Waals surface area (Å²) in [6.07, 6.45) is 14.4. The van der Waals surface area contributed by atoms with Crippen LogP contribution in [0.1, 0.15) is 82.8 Å². The van der Waals surface area contributed by atoms with Gasteiger partial charge in [-0.15, -0.1) is 0 Å². The van der Waals surface area contributed by atoms with Gasteiger partial charge in [0.15, 0.2) is 0 Å². The Balaban J connectivity index is 1.45. The van der Waals surface area contributed by atoms with Gasteiger partial charge < -0.3 is 5.11 Å². The maximum Gasteiger partial charge on any atom is 0.0809 e. The first-order chi connectivity index (χ1) is 13.4. The molecule has 4 aliphatic carbocycles. The number of aliphatic hydroxyl groups is 1. The lowest BCUT2D eigenvalue weighted by molar-refractivity contribution is -0.119. The van der Waals surface area contributed by atoms with Crippen LogP contribution < -0.4 is 0 Å². The van der Waals surface area contributed by atoms with Gasteiger partial charge in [0.05, 0.1) is 6.10 Å². The van der Waals surface area contributed by atoms with E-state index in [-0.39, 0.29) is 11.5 Å². The third-order valence-corrected chi connectivity index (χ3v) is 9.88. The molecule has 152 valence electrons. The van der Waals surface area contributed by atoms with Gasteiger partial charge in [-0.3, -0.25) is 0 Å². The highest BCUT2D eigenvalue weighted by Crippen LogP contribution is 2.67. The molecule has 0 spiro atoms. The number of benzene rings is 1. The largest absolute Gasteiger partial charge is 0.388 e. The third kappa shape index (κ3) is 2.76. The molecule has 4 aliphatic rings. The molecule has 0 aliphatic heterocycles. The van der Waals surface area contributed by atoms with Crippen molar-refractivity contribution >= 4 is 6.08 Å². The second-order valence-corrected chi connectivity index (χ2v) is 11.2. The zero-order chi connectivity index (χ0) is 19.5. The molecule has 4 fully saturated rings. The SMILES string of the molecule is Cc1ccc(/C=C2\C[C@H]3[C@@H]4CC[C@H]5CCCC[C@]5(C)[C@H]4CC[C@]3(C)[C@H]2O)cc1. The normalized spacial score (nSPS) is 46.7. The monoisotopic (exact) mass is 378 g/mol. The van der Waals surface area contributed by atoms with Crippen LogP contribution in [0.25, 0.3) is 6.08 Å². The van der Waals surface area contributed by atoms with Crippen LogP contribution in [0.2, 0.25) is 0 Å². The Morgan fingerprint density at radius 2 is 1.68 bits per heavy atom. The second kappa shape index (κ2) is 6.73. The van der Waals surface area contributed by atoms with Gasteiger partial charge in [-0.1, -0.05) is 62.6 Å². The van der Waals surface area contributed by atoms with Gasteiger partial charge in [0.1, 0.15) is 0 Å². The van der Waals surface area contributed by atoms with Crippen molar-refractivity contribution in [3.8, 4) is 0 Å². The second-order valence-electron chi connectivity index (χ2n) is 11.2. The van der Waals surface area contributed by atoms with Crippen molar-refractivity contribution in [1.82, 2.24) is 0 Å². The first kappa shape index (κ1) is 18.9. The van der Waals surface area contributed by atoms with Crippen LogP contribution >= 0.6 is 0 Å². The van der Waals surface area contributed by atoms with Crippen molar-refractivity contribution < 1.29 is 5.11 Å². The fourth-order valence-electron chi connectivity index (χ4n) is 8.17. The molecule has 0 saturated heterocycles. The van der Waals surface area contributed by atoms with E-state index in [9.17, 15) is 5.11 Å². The summed E-state index contributed by atoms with van der Waals surface area (Å²) >= 11 is 0. The summed E-state index contributed by atoms with van der Waals surface area (Å²) in [5.74, 6) is 3.38. The standard InChI is InChI=1S/C27H38O/c1-18-7-9-19(10-8-18)16-20-17-24-22-12-11-21-6-4-5-14-26(21,2)23(22)13-15-27(24,3)25(20)28/h7-10,16,21-25,28H,4-6,11-15,17H2,1-3H3/b20-16+/t21-,22-,23+,24+,25+,26+,27+/m1/s1. The molecule has 28 heavy (non-hydrogen) atoms. The molecule has 0 unspecified atom stereocenters. The van der Waals surface area contributed by atoms with Crippen LogP contribution in [0, 0.1) is 41.4 Å². The minimum absolute atomic E-state index is 0.0928. The number of aryl methyl sites for hydroxylation is 1. The van der Waals surface area contributed by atoms with Gasteiger partial charge in [0.25, 0.3) is 0 Å². The Morgan fingerprint density at radius 3 is 2.46 bits per heavy atom. The Kier molecular flexibility index (Phi) is 4.54. The van der Waals surface area contributed by atoms with E-state index in [0.717, 1.165) is 24.2 Å². The van der Waals surface area contributed by atoms with Crippen molar-refractivity contribution in [3.63, 3.8) is 0 Å². The number of hydrogen-bond acceptors (Lipinski definition) is 1. The summed E-state index contributed by atoms with van der Waals surface area (Å²) < 4.78 is 0. The van der Waals surface area contributed by atoms with E-state index in [1.54, 1.807) is 0 Å². The maximum absolute atomic E-state index is 11.4. The van der Waals surface area contributed by atoms with Crippen molar-refractivity contribution in [2.75, 3.05) is 0 Å². The molecule has 0 radical (unpaired) electrons. The Bertz CT molecular complexity index is 761. The van der Waals surface area contributed by atoms with E-state index in [1.165, 1.54) is 68.1 Å². The molecule has 0 aromatic heterocycles. The number of aliphatic hydroxyl groups excluding tert-OH is 1. The zero-order valence-corrected chi connectivity index (χ0v) is 18.1. The van der Waals surface area contributed by atoms with Crippen LogP contribution in [0.3, 0.4) is 0 Å². The summed E-state index contributed by atoms with van der Waals surface area (Å²) in [6.45, 7) is 7.19. The fourth-order valence-corrected chi connectivity index (χ4v) is 8.17. The minimum Gasteiger partial charge on any atom is -0.388 e. The number of hydrogen-bond donors (Lipinski definition) is 1. The summed E-state index contributed by atoms with van der Waals surface area (Å²) in [5, 5.41) is 11.4. The van der Waals surface area contributed by atoms with Crippen LogP contribution in [0.4, 0.5) is 0 Å². The van der Waals surface area contributed by atoms with Crippen LogP contribution in [-0.4, -0.2) is 11.2 Å². The number of rotatable bonds is 1. The molecular weight excluding hydrogens is 340 g/mol. The average Bonchev–Trinajstić information content (AvgIpc) is 2.94. The molecule has 1 heteroatoms. The molecule has 5 rings (SSSR count). The molecule has 1 aromatic carbocycles. The molecule has 7 atom stereocenters. The molecule has 0 bridgehead atoms. The van der Waals surface area contributed by atoms with E-state index >= 15 is 0 Å². The summed E-state index contributed by atoms with van der Waals surface area (Å²) in [6, 6.07) is 8.78. The molecule has 0 heterocycles. The third-order valence-electron chi connectivity index (χ3n) is 9.88. The van der Waals surface area contributed by atoms with Crippen LogP contribution in [0.5, 0.6) is 0 Å². The average molecular weight is 379 g/mol. The molecule has 1 nitrogen and oxygen atoms in total.